The molecule has 0 spiro atoms. The Morgan fingerprint density at radius 2 is 0.508 bits per heavy atom. The Hall–Kier alpha value is -16.4. The molecule has 0 radical (unpaired) electrons. The van der Waals surface area contributed by atoms with Crippen molar-refractivity contribution in [2.75, 3.05) is 0 Å². The lowest BCUT2D eigenvalue weighted by molar-refractivity contribution is 1.07. The summed E-state index contributed by atoms with van der Waals surface area (Å²) < 4.78 is 0. The number of hydrogen-bond donors (Lipinski definition) is 0. The first-order valence-corrected chi connectivity index (χ1v) is 40.8. The molecule has 0 aliphatic heterocycles. The smallest absolute Gasteiger partial charge is 0.164 e. The first kappa shape index (κ1) is 73.3. The number of aromatic nitrogens is 11. The minimum atomic E-state index is 0.601. The molecule has 122 heavy (non-hydrogen) atoms. The van der Waals surface area contributed by atoms with Crippen molar-refractivity contribution in [3.05, 3.63) is 418 Å². The largest absolute Gasteiger partial charge is 0.264 e. The Morgan fingerprint density at radius 3 is 1.05 bits per heavy atom. The molecule has 0 amide bonds. The van der Waals surface area contributed by atoms with Gasteiger partial charge in [0.2, 0.25) is 0 Å². The van der Waals surface area contributed by atoms with Gasteiger partial charge in [-0.3, -0.25) is 9.97 Å². The number of fused-ring (bicyclic) bond motifs is 8. The monoisotopic (exact) mass is 1560 g/mol. The summed E-state index contributed by atoms with van der Waals surface area (Å²) in [5.74, 6) is 2.51. The van der Waals surface area contributed by atoms with Gasteiger partial charge in [0.05, 0.1) is 56.2 Å². The van der Waals surface area contributed by atoms with E-state index in [0.717, 1.165) is 199 Å². The van der Waals surface area contributed by atoms with E-state index in [2.05, 4.69) is 333 Å². The fraction of sp³-hybridized carbons (Fsp3) is 0.0180. The van der Waals surface area contributed by atoms with Crippen molar-refractivity contribution in [1.82, 2.24) is 54.8 Å². The van der Waals surface area contributed by atoms with Gasteiger partial charge in [0.1, 0.15) is 0 Å². The van der Waals surface area contributed by atoms with E-state index in [1.807, 2.05) is 97.6 Å². The molecule has 0 N–H and O–H groups in total. The maximum absolute atomic E-state index is 5.27. The Morgan fingerprint density at radius 1 is 0.164 bits per heavy atom. The van der Waals surface area contributed by atoms with Gasteiger partial charge in [-0.2, -0.15) is 0 Å². The highest BCUT2D eigenvalue weighted by Gasteiger charge is 2.20. The lowest BCUT2D eigenvalue weighted by Gasteiger charge is -2.12. The molecular weight excluding hydrogens is 1490 g/mol. The van der Waals surface area contributed by atoms with Crippen LogP contribution in [0.5, 0.6) is 0 Å². The number of benzene rings is 14. The molecule has 8 aromatic heterocycles. The first-order valence-electron chi connectivity index (χ1n) is 40.8. The van der Waals surface area contributed by atoms with Crippen LogP contribution in [0.25, 0.3) is 223 Å². The standard InChI is InChI=1S/C56H37N5.C55H36N6/c1-36-32-51(40-10-4-2-5-11-40)59-55-47(36)28-26-43-27-29-50(58-54(43)55)41-22-18-37(19-23-41)38-20-24-42(25-21-38)52-34-53(61-56(60-52)44-12-6-3-7-13-44)46-16-8-15-45(33-46)48-17-9-14-39-30-31-57-35-49(39)48;1-35-30-50(36-12-4-2-5-13-36)58-52-46(35)26-24-37-25-27-49(57-51(37)52)42-19-8-16-39(31-42)40-17-9-20-43(32-40)54-59-53(38-14-6-3-7-15-38)60-55(61-54)44-21-10-18-41(33-44)47-23-11-22-45-34-56-29-28-48(45)47/h2-35H,1H3;2-34H,1H3. The Balaban J connectivity index is 0.000000150. The fourth-order valence-electron chi connectivity index (χ4n) is 16.5. The van der Waals surface area contributed by atoms with Crippen molar-refractivity contribution >= 4 is 65.2 Å². The van der Waals surface area contributed by atoms with Gasteiger partial charge in [0.25, 0.3) is 0 Å². The summed E-state index contributed by atoms with van der Waals surface area (Å²) in [5, 5.41) is 8.88. The summed E-state index contributed by atoms with van der Waals surface area (Å²) in [5.41, 5.74) is 30.2. The van der Waals surface area contributed by atoms with Crippen LogP contribution in [0, 0.1) is 13.8 Å². The zero-order chi connectivity index (χ0) is 81.4. The molecule has 0 aliphatic rings. The number of aryl methyl sites for hydroxylation is 2. The highest BCUT2D eigenvalue weighted by molar-refractivity contribution is 6.07. The summed E-state index contributed by atoms with van der Waals surface area (Å²) in [6.07, 6.45) is 7.52. The maximum atomic E-state index is 5.27. The molecule has 0 aliphatic carbocycles. The molecular formula is C111H73N11. The predicted molar refractivity (Wildman–Crippen MR) is 499 cm³/mol. The zero-order valence-corrected chi connectivity index (χ0v) is 66.6. The van der Waals surface area contributed by atoms with Crippen molar-refractivity contribution in [1.29, 1.82) is 0 Å². The average molecular weight is 1560 g/mol. The molecule has 22 rings (SSSR count). The van der Waals surface area contributed by atoms with Crippen molar-refractivity contribution < 1.29 is 0 Å². The second kappa shape index (κ2) is 31.9. The predicted octanol–water partition coefficient (Wildman–Crippen LogP) is 27.6. The van der Waals surface area contributed by atoms with Gasteiger partial charge in [-0.1, -0.05) is 315 Å². The second-order valence-electron chi connectivity index (χ2n) is 30.6. The SMILES string of the molecule is Cc1cc(-c2ccccc2)nc2c1ccc1ccc(-c3ccc(-c4ccc(-c5cc(-c6cccc(-c7cccc8ccncc78)c6)nc(-c6ccccc6)n5)cc4)cc3)nc12.Cc1cc(-c2ccccc2)nc2c1ccc1ccc(-c3cccc(-c4cccc(-c5nc(-c6ccccc6)nc(-c6cccc(-c7cccc8cnccc78)c6)n5)c4)c3)nc12. The molecule has 0 unspecified atom stereocenters. The van der Waals surface area contributed by atoms with E-state index in [0.29, 0.717) is 23.3 Å². The van der Waals surface area contributed by atoms with Gasteiger partial charge in [0, 0.05) is 113 Å². The van der Waals surface area contributed by atoms with Crippen LogP contribution in [-0.4, -0.2) is 54.8 Å². The highest BCUT2D eigenvalue weighted by Crippen LogP contribution is 2.40. The Kier molecular flexibility index (Phi) is 19.2. The minimum Gasteiger partial charge on any atom is -0.264 e. The van der Waals surface area contributed by atoms with Crippen LogP contribution >= 0.6 is 0 Å². The molecule has 11 heteroatoms. The van der Waals surface area contributed by atoms with Gasteiger partial charge in [-0.25, -0.2) is 44.9 Å². The van der Waals surface area contributed by atoms with Crippen LogP contribution in [0.2, 0.25) is 0 Å². The van der Waals surface area contributed by atoms with Gasteiger partial charge in [-0.05, 0) is 147 Å². The third-order valence-electron chi connectivity index (χ3n) is 22.8. The van der Waals surface area contributed by atoms with E-state index >= 15 is 0 Å². The van der Waals surface area contributed by atoms with E-state index in [4.69, 9.17) is 44.9 Å². The number of pyridine rings is 6. The molecule has 572 valence electrons. The molecule has 14 aromatic carbocycles. The maximum Gasteiger partial charge on any atom is 0.164 e. The lowest BCUT2D eigenvalue weighted by atomic mass is 9.97. The lowest BCUT2D eigenvalue weighted by Crippen LogP contribution is -2.00. The van der Waals surface area contributed by atoms with Gasteiger partial charge >= 0.3 is 0 Å². The highest BCUT2D eigenvalue weighted by atomic mass is 15.0. The molecule has 0 fully saturated rings. The Bertz CT molecular complexity index is 7750. The van der Waals surface area contributed by atoms with Crippen molar-refractivity contribution in [2.24, 2.45) is 0 Å². The molecule has 0 bridgehead atoms. The van der Waals surface area contributed by atoms with E-state index in [1.54, 1.807) is 0 Å². The third-order valence-corrected chi connectivity index (χ3v) is 22.8. The Labute approximate surface area is 705 Å². The summed E-state index contributed by atoms with van der Waals surface area (Å²) in [6.45, 7) is 4.29. The number of rotatable bonds is 14. The van der Waals surface area contributed by atoms with Crippen molar-refractivity contribution in [2.45, 2.75) is 13.8 Å². The summed E-state index contributed by atoms with van der Waals surface area (Å²) in [7, 11) is 0. The topological polar surface area (TPSA) is 142 Å². The quantitative estimate of drug-likeness (QED) is 0.0960. The second-order valence-corrected chi connectivity index (χ2v) is 30.6. The third kappa shape index (κ3) is 14.6. The molecule has 11 nitrogen and oxygen atoms in total. The normalized spacial score (nSPS) is 11.4. The van der Waals surface area contributed by atoms with Gasteiger partial charge in [-0.15, -0.1) is 0 Å². The van der Waals surface area contributed by atoms with Crippen LogP contribution in [0.4, 0.5) is 0 Å². The molecule has 0 saturated carbocycles. The number of nitrogens with zero attached hydrogens (tertiary/aromatic N) is 11. The summed E-state index contributed by atoms with van der Waals surface area (Å²) in [4.78, 5) is 55.0. The van der Waals surface area contributed by atoms with Crippen LogP contribution in [0.15, 0.2) is 407 Å². The van der Waals surface area contributed by atoms with Crippen LogP contribution < -0.4 is 0 Å². The molecule has 0 saturated heterocycles. The minimum absolute atomic E-state index is 0.601. The zero-order valence-electron chi connectivity index (χ0n) is 66.6. The fourth-order valence-corrected chi connectivity index (χ4v) is 16.5. The van der Waals surface area contributed by atoms with Crippen LogP contribution in [0.1, 0.15) is 11.1 Å². The summed E-state index contributed by atoms with van der Waals surface area (Å²) >= 11 is 0. The van der Waals surface area contributed by atoms with E-state index < -0.39 is 0 Å². The number of hydrogen-bond acceptors (Lipinski definition) is 11. The summed E-state index contributed by atoms with van der Waals surface area (Å²) in [6, 6.07) is 133. The van der Waals surface area contributed by atoms with Crippen LogP contribution in [0.3, 0.4) is 0 Å². The van der Waals surface area contributed by atoms with Crippen molar-refractivity contribution in [3.8, 4) is 158 Å². The average Bonchev–Trinajstić information content (AvgIpc) is 0.762. The van der Waals surface area contributed by atoms with E-state index in [9.17, 15) is 0 Å². The molecule has 8 heterocycles. The molecule has 22 aromatic rings. The van der Waals surface area contributed by atoms with Crippen LogP contribution in [-0.2, 0) is 0 Å². The van der Waals surface area contributed by atoms with E-state index in [1.165, 1.54) is 11.1 Å². The molecule has 0 atom stereocenters. The van der Waals surface area contributed by atoms with Gasteiger partial charge < -0.3 is 0 Å². The first-order chi connectivity index (χ1) is 60.2. The van der Waals surface area contributed by atoms with Crippen molar-refractivity contribution in [3.63, 3.8) is 0 Å². The van der Waals surface area contributed by atoms with Gasteiger partial charge in [0.15, 0.2) is 23.3 Å². The van der Waals surface area contributed by atoms with E-state index in [-0.39, 0.29) is 0 Å².